The van der Waals surface area contributed by atoms with Crippen LogP contribution in [0.3, 0.4) is 0 Å². The molecule has 0 atom stereocenters. The van der Waals surface area contributed by atoms with E-state index in [0.717, 1.165) is 28.3 Å². The van der Waals surface area contributed by atoms with Crippen molar-refractivity contribution in [3.8, 4) is 50.2 Å². The van der Waals surface area contributed by atoms with E-state index >= 15 is 0 Å². The van der Waals surface area contributed by atoms with Crippen molar-refractivity contribution in [2.45, 2.75) is 0 Å². The average molecular weight is 815 g/mol. The molecule has 0 N–H and O–H groups in total. The van der Waals surface area contributed by atoms with Crippen molar-refractivity contribution in [1.29, 1.82) is 0 Å². The molecular weight excluding hydrogens is 773 g/mol. The van der Waals surface area contributed by atoms with Crippen molar-refractivity contribution in [2.75, 3.05) is 4.90 Å². The first-order valence-electron chi connectivity index (χ1n) is 22.0. The van der Waals surface area contributed by atoms with Crippen molar-refractivity contribution in [3.63, 3.8) is 0 Å². The number of rotatable bonds is 8. The second-order valence-corrected chi connectivity index (χ2v) is 16.5. The van der Waals surface area contributed by atoms with Crippen LogP contribution in [-0.4, -0.2) is 4.57 Å². The normalized spacial score (nSPS) is 11.4. The maximum absolute atomic E-state index is 2.47. The van der Waals surface area contributed by atoms with Crippen LogP contribution in [0.5, 0.6) is 0 Å². The number of benzene rings is 11. The smallest absolute Gasteiger partial charge is 0.0548 e. The second kappa shape index (κ2) is 15.8. The number of fused-ring (bicyclic) bond motifs is 6. The third kappa shape index (κ3) is 6.52. The van der Waals surface area contributed by atoms with Gasteiger partial charge in [-0.2, -0.15) is 0 Å². The van der Waals surface area contributed by atoms with E-state index in [1.165, 1.54) is 82.3 Å². The van der Waals surface area contributed by atoms with Crippen LogP contribution in [0.1, 0.15) is 0 Å². The van der Waals surface area contributed by atoms with Gasteiger partial charge in [0.15, 0.2) is 0 Å². The molecule has 300 valence electrons. The van der Waals surface area contributed by atoms with E-state index in [2.05, 4.69) is 264 Å². The highest BCUT2D eigenvalue weighted by Gasteiger charge is 2.20. The maximum Gasteiger partial charge on any atom is 0.0548 e. The Morgan fingerprint density at radius 3 is 1.42 bits per heavy atom. The third-order valence-electron chi connectivity index (χ3n) is 12.8. The first-order chi connectivity index (χ1) is 31.7. The fraction of sp³-hybridized carbons (Fsp3) is 0. The molecule has 0 spiro atoms. The molecule has 0 aliphatic heterocycles. The molecule has 0 aliphatic rings. The molecule has 64 heavy (non-hydrogen) atoms. The molecular formula is C62H42N2. The summed E-state index contributed by atoms with van der Waals surface area (Å²) in [5.74, 6) is 0. The number of aromatic nitrogens is 1. The second-order valence-electron chi connectivity index (χ2n) is 16.5. The van der Waals surface area contributed by atoms with Gasteiger partial charge in [0.25, 0.3) is 0 Å². The maximum atomic E-state index is 2.47. The van der Waals surface area contributed by atoms with Crippen LogP contribution in [-0.2, 0) is 0 Å². The molecule has 2 heteroatoms. The van der Waals surface area contributed by atoms with Gasteiger partial charge in [0, 0.05) is 33.4 Å². The Morgan fingerprint density at radius 1 is 0.266 bits per heavy atom. The molecule has 12 rings (SSSR count). The fourth-order valence-corrected chi connectivity index (χ4v) is 9.71. The molecule has 1 aromatic heterocycles. The SMILES string of the molecule is c1ccc(-c2ccc(N(c3ccc(-c4ccccc4)cc3)c3ccc(-c4ccccc4-n4c5ccccc5c5c6c(-c7ccc8ccccc8c7)cccc6ccc54)cc3)cc2)cc1. The number of anilines is 3. The lowest BCUT2D eigenvalue weighted by Crippen LogP contribution is -2.09. The summed E-state index contributed by atoms with van der Waals surface area (Å²) in [6, 6.07) is 92.6. The zero-order chi connectivity index (χ0) is 42.4. The summed E-state index contributed by atoms with van der Waals surface area (Å²) >= 11 is 0. The van der Waals surface area contributed by atoms with Gasteiger partial charge >= 0.3 is 0 Å². The molecule has 0 saturated carbocycles. The quantitative estimate of drug-likeness (QED) is 0.148. The molecule has 0 amide bonds. The van der Waals surface area contributed by atoms with Crippen molar-refractivity contribution in [1.82, 2.24) is 4.57 Å². The molecule has 2 nitrogen and oxygen atoms in total. The van der Waals surface area contributed by atoms with E-state index in [4.69, 9.17) is 0 Å². The van der Waals surface area contributed by atoms with Gasteiger partial charge in [-0.05, 0) is 121 Å². The Hall–Kier alpha value is -8.46. The van der Waals surface area contributed by atoms with Crippen LogP contribution in [0.2, 0.25) is 0 Å². The summed E-state index contributed by atoms with van der Waals surface area (Å²) in [5, 5.41) is 7.53. The van der Waals surface area contributed by atoms with E-state index in [0.29, 0.717) is 0 Å². The molecule has 1 heterocycles. The highest BCUT2D eigenvalue weighted by Crippen LogP contribution is 2.44. The van der Waals surface area contributed by atoms with Gasteiger partial charge in [0.2, 0.25) is 0 Å². The topological polar surface area (TPSA) is 8.17 Å². The van der Waals surface area contributed by atoms with E-state index in [1.807, 2.05) is 0 Å². The predicted molar refractivity (Wildman–Crippen MR) is 272 cm³/mol. The first kappa shape index (κ1) is 37.3. The lowest BCUT2D eigenvalue weighted by Gasteiger charge is -2.26. The summed E-state index contributed by atoms with van der Waals surface area (Å²) in [7, 11) is 0. The molecule has 0 unspecified atom stereocenters. The highest BCUT2D eigenvalue weighted by molar-refractivity contribution is 6.25. The van der Waals surface area contributed by atoms with E-state index in [9.17, 15) is 0 Å². The van der Waals surface area contributed by atoms with E-state index in [1.54, 1.807) is 0 Å². The summed E-state index contributed by atoms with van der Waals surface area (Å²) < 4.78 is 2.47. The summed E-state index contributed by atoms with van der Waals surface area (Å²) in [4.78, 5) is 2.35. The minimum absolute atomic E-state index is 1.09. The van der Waals surface area contributed by atoms with Crippen molar-refractivity contribution in [3.05, 3.63) is 255 Å². The van der Waals surface area contributed by atoms with E-state index < -0.39 is 0 Å². The largest absolute Gasteiger partial charge is 0.311 e. The van der Waals surface area contributed by atoms with Crippen molar-refractivity contribution in [2.24, 2.45) is 0 Å². The van der Waals surface area contributed by atoms with Gasteiger partial charge in [0.1, 0.15) is 0 Å². The highest BCUT2D eigenvalue weighted by atomic mass is 15.1. The lowest BCUT2D eigenvalue weighted by atomic mass is 9.93. The minimum Gasteiger partial charge on any atom is -0.311 e. The Labute approximate surface area is 373 Å². The van der Waals surface area contributed by atoms with Gasteiger partial charge in [0.05, 0.1) is 16.7 Å². The molecule has 11 aromatic carbocycles. The van der Waals surface area contributed by atoms with Crippen LogP contribution >= 0.6 is 0 Å². The van der Waals surface area contributed by atoms with Gasteiger partial charge < -0.3 is 9.47 Å². The van der Waals surface area contributed by atoms with Gasteiger partial charge in [-0.3, -0.25) is 0 Å². The summed E-state index contributed by atoms with van der Waals surface area (Å²) in [6.07, 6.45) is 0. The Morgan fingerprint density at radius 2 is 0.750 bits per heavy atom. The standard InChI is InChI=1S/C62H42N2/c1-3-14-43(15-4-1)46-28-35-52(36-29-46)63(53-37-30-47(31-38-53)44-16-5-2-6-17-44)54-39-32-48(33-40-54)55-21-9-11-24-58(55)64-59-25-12-10-22-57(59)62-60(64)41-34-49-20-13-23-56(61(49)62)51-27-26-45-18-7-8-19-50(45)42-51/h1-42H. The molecule has 0 radical (unpaired) electrons. The van der Waals surface area contributed by atoms with Gasteiger partial charge in [-0.1, -0.05) is 194 Å². The Balaban J connectivity index is 0.977. The first-order valence-corrected chi connectivity index (χ1v) is 22.0. The predicted octanol–water partition coefficient (Wildman–Crippen LogP) is 17.2. The van der Waals surface area contributed by atoms with Crippen LogP contribution in [0.25, 0.3) is 93.5 Å². The fourth-order valence-electron chi connectivity index (χ4n) is 9.71. The number of nitrogens with zero attached hydrogens (tertiary/aromatic N) is 2. The van der Waals surface area contributed by atoms with Crippen LogP contribution < -0.4 is 4.90 Å². The number of hydrogen-bond acceptors (Lipinski definition) is 1. The molecule has 0 fully saturated rings. The summed E-state index contributed by atoms with van der Waals surface area (Å²) in [6.45, 7) is 0. The van der Waals surface area contributed by atoms with Crippen LogP contribution in [0.15, 0.2) is 255 Å². The van der Waals surface area contributed by atoms with Crippen LogP contribution in [0.4, 0.5) is 17.1 Å². The van der Waals surface area contributed by atoms with Gasteiger partial charge in [-0.15, -0.1) is 0 Å². The summed E-state index contributed by atoms with van der Waals surface area (Å²) in [5.41, 5.74) is 16.4. The Kier molecular flexibility index (Phi) is 9.20. The lowest BCUT2D eigenvalue weighted by molar-refractivity contribution is 1.18. The molecule has 0 bridgehead atoms. The monoisotopic (exact) mass is 814 g/mol. The van der Waals surface area contributed by atoms with Crippen molar-refractivity contribution < 1.29 is 0 Å². The number of para-hydroxylation sites is 2. The minimum atomic E-state index is 1.09. The van der Waals surface area contributed by atoms with Gasteiger partial charge in [-0.25, -0.2) is 0 Å². The zero-order valence-corrected chi connectivity index (χ0v) is 35.1. The third-order valence-corrected chi connectivity index (χ3v) is 12.8. The molecule has 0 saturated heterocycles. The van der Waals surface area contributed by atoms with E-state index in [-0.39, 0.29) is 0 Å². The van der Waals surface area contributed by atoms with Crippen LogP contribution in [0, 0.1) is 0 Å². The average Bonchev–Trinajstić information content (AvgIpc) is 3.72. The zero-order valence-electron chi connectivity index (χ0n) is 35.1. The Bertz CT molecular complexity index is 3540. The van der Waals surface area contributed by atoms with Crippen molar-refractivity contribution >= 4 is 60.4 Å². The molecule has 0 aliphatic carbocycles. The number of hydrogen-bond donors (Lipinski definition) is 0. The molecule has 12 aromatic rings.